The lowest BCUT2D eigenvalue weighted by Gasteiger charge is -2.15. The van der Waals surface area contributed by atoms with Crippen molar-refractivity contribution in [2.24, 2.45) is 5.16 Å². The Morgan fingerprint density at radius 2 is 2.00 bits per heavy atom. The number of aromatic amines is 1. The lowest BCUT2D eigenvalue weighted by Crippen LogP contribution is -2.25. The summed E-state index contributed by atoms with van der Waals surface area (Å²) in [5.74, 6) is 2.46. The summed E-state index contributed by atoms with van der Waals surface area (Å²) in [7, 11) is 3.24. The van der Waals surface area contributed by atoms with Crippen LogP contribution in [0.4, 0.5) is 0 Å². The Hall–Kier alpha value is -3.39. The summed E-state index contributed by atoms with van der Waals surface area (Å²) < 4.78 is 22.2. The van der Waals surface area contributed by atoms with Crippen molar-refractivity contribution in [3.63, 3.8) is 0 Å². The van der Waals surface area contributed by atoms with Crippen LogP contribution in [0, 0.1) is 6.92 Å². The SMILES string of the molecule is COc1cc(C[C@H]2CC(CNCCc3c(C)[nH]c4ccccc34)=NO2)c(OC)c2c1OCO2. The standard InChI is InChI=1S/C25H29N3O5/c1-15-19(20-6-4-5-7-21(20)27-15)8-9-26-13-17-12-18(33-28-17)10-16-11-22(29-2)24-25(23(16)30-3)32-14-31-24/h4-7,11,18,26-27H,8-10,12-14H2,1-3H3/t18-/m0/s1. The largest absolute Gasteiger partial charge is 0.493 e. The predicted octanol–water partition coefficient (Wildman–Crippen LogP) is 3.74. The first-order valence-electron chi connectivity index (χ1n) is 11.2. The van der Waals surface area contributed by atoms with Gasteiger partial charge in [0, 0.05) is 41.5 Å². The van der Waals surface area contributed by atoms with E-state index in [1.165, 1.54) is 22.2 Å². The van der Waals surface area contributed by atoms with Gasteiger partial charge in [-0.05, 0) is 37.6 Å². The van der Waals surface area contributed by atoms with Gasteiger partial charge >= 0.3 is 0 Å². The van der Waals surface area contributed by atoms with Crippen molar-refractivity contribution in [1.29, 1.82) is 0 Å². The maximum Gasteiger partial charge on any atom is 0.231 e. The van der Waals surface area contributed by atoms with Crippen LogP contribution in [0.2, 0.25) is 0 Å². The summed E-state index contributed by atoms with van der Waals surface area (Å²) in [6, 6.07) is 10.4. The van der Waals surface area contributed by atoms with Crippen molar-refractivity contribution in [3.05, 3.63) is 47.2 Å². The molecule has 0 unspecified atom stereocenters. The van der Waals surface area contributed by atoms with Crippen LogP contribution in [0.15, 0.2) is 35.5 Å². The van der Waals surface area contributed by atoms with Gasteiger partial charge in [-0.15, -0.1) is 0 Å². The normalized spacial score (nSPS) is 16.7. The first kappa shape index (κ1) is 21.5. The summed E-state index contributed by atoms with van der Waals surface area (Å²) in [4.78, 5) is 9.18. The number of aryl methyl sites for hydroxylation is 1. The molecule has 0 saturated heterocycles. The van der Waals surface area contributed by atoms with Crippen molar-refractivity contribution >= 4 is 16.6 Å². The summed E-state index contributed by atoms with van der Waals surface area (Å²) in [5.41, 5.74) is 5.75. The number of oxime groups is 1. The van der Waals surface area contributed by atoms with E-state index in [4.69, 9.17) is 23.8 Å². The molecule has 5 rings (SSSR count). The maximum atomic E-state index is 5.72. The van der Waals surface area contributed by atoms with Gasteiger partial charge in [-0.2, -0.15) is 0 Å². The number of methoxy groups -OCH3 is 2. The second-order valence-corrected chi connectivity index (χ2v) is 8.33. The van der Waals surface area contributed by atoms with Crippen LogP contribution in [-0.4, -0.2) is 50.9 Å². The molecule has 3 aromatic rings. The zero-order valence-electron chi connectivity index (χ0n) is 19.2. The topological polar surface area (TPSA) is 86.3 Å². The van der Waals surface area contributed by atoms with Gasteiger partial charge in [-0.3, -0.25) is 0 Å². The molecule has 0 fully saturated rings. The summed E-state index contributed by atoms with van der Waals surface area (Å²) in [6.07, 6.45) is 2.30. The second-order valence-electron chi connectivity index (χ2n) is 8.33. The van der Waals surface area contributed by atoms with Gasteiger partial charge < -0.3 is 34.1 Å². The highest BCUT2D eigenvalue weighted by atomic mass is 16.7. The van der Waals surface area contributed by atoms with Crippen LogP contribution in [-0.2, 0) is 17.7 Å². The summed E-state index contributed by atoms with van der Waals surface area (Å²) in [6.45, 7) is 3.87. The molecule has 0 spiro atoms. The van der Waals surface area contributed by atoms with Crippen molar-refractivity contribution < 1.29 is 23.8 Å². The average molecular weight is 452 g/mol. The smallest absolute Gasteiger partial charge is 0.231 e. The van der Waals surface area contributed by atoms with Crippen LogP contribution in [0.25, 0.3) is 10.9 Å². The maximum absolute atomic E-state index is 5.72. The van der Waals surface area contributed by atoms with Gasteiger partial charge in [0.1, 0.15) is 6.10 Å². The molecule has 33 heavy (non-hydrogen) atoms. The van der Waals surface area contributed by atoms with E-state index in [-0.39, 0.29) is 12.9 Å². The van der Waals surface area contributed by atoms with Gasteiger partial charge in [-0.1, -0.05) is 23.4 Å². The third-order valence-electron chi connectivity index (χ3n) is 6.21. The lowest BCUT2D eigenvalue weighted by molar-refractivity contribution is 0.0853. The van der Waals surface area contributed by atoms with Crippen LogP contribution >= 0.6 is 0 Å². The highest BCUT2D eigenvalue weighted by molar-refractivity contribution is 5.87. The Bertz CT molecular complexity index is 1190. The number of rotatable bonds is 9. The molecule has 8 nitrogen and oxygen atoms in total. The molecular weight excluding hydrogens is 422 g/mol. The third kappa shape index (κ3) is 4.18. The number of para-hydroxylation sites is 1. The van der Waals surface area contributed by atoms with E-state index in [1.807, 2.05) is 6.07 Å². The second kappa shape index (κ2) is 9.23. The quantitative estimate of drug-likeness (QED) is 0.482. The highest BCUT2D eigenvalue weighted by Crippen LogP contribution is 2.50. The molecule has 3 heterocycles. The molecule has 0 saturated carbocycles. The van der Waals surface area contributed by atoms with E-state index in [0.29, 0.717) is 36.0 Å². The zero-order chi connectivity index (χ0) is 22.8. The monoisotopic (exact) mass is 451 g/mol. The number of ether oxygens (including phenoxy) is 4. The van der Waals surface area contributed by atoms with E-state index >= 15 is 0 Å². The van der Waals surface area contributed by atoms with Crippen LogP contribution in [0.3, 0.4) is 0 Å². The van der Waals surface area contributed by atoms with Crippen molar-refractivity contribution in [2.75, 3.05) is 34.1 Å². The number of aromatic nitrogens is 1. The van der Waals surface area contributed by atoms with Gasteiger partial charge in [0.25, 0.3) is 0 Å². The van der Waals surface area contributed by atoms with E-state index in [1.54, 1.807) is 14.2 Å². The van der Waals surface area contributed by atoms with Crippen molar-refractivity contribution in [3.8, 4) is 23.0 Å². The lowest BCUT2D eigenvalue weighted by atomic mass is 10.0. The Labute approximate surface area is 192 Å². The van der Waals surface area contributed by atoms with E-state index in [2.05, 4.69) is 46.6 Å². The Morgan fingerprint density at radius 1 is 1.15 bits per heavy atom. The third-order valence-corrected chi connectivity index (χ3v) is 6.21. The number of fused-ring (bicyclic) bond motifs is 2. The Balaban J connectivity index is 1.15. The molecule has 174 valence electrons. The number of nitrogens with zero attached hydrogens (tertiary/aromatic N) is 1. The fourth-order valence-electron chi connectivity index (χ4n) is 4.64. The predicted molar refractivity (Wildman–Crippen MR) is 126 cm³/mol. The molecule has 0 radical (unpaired) electrons. The average Bonchev–Trinajstić information content (AvgIpc) is 3.55. The Kier molecular flexibility index (Phi) is 6.00. The molecule has 2 N–H and O–H groups in total. The molecule has 2 aliphatic rings. The molecule has 0 bridgehead atoms. The van der Waals surface area contributed by atoms with Crippen LogP contribution in [0.1, 0.15) is 23.2 Å². The highest BCUT2D eigenvalue weighted by Gasteiger charge is 2.30. The van der Waals surface area contributed by atoms with Gasteiger partial charge in [0.2, 0.25) is 18.3 Å². The molecule has 0 amide bonds. The molecule has 0 aliphatic carbocycles. The van der Waals surface area contributed by atoms with Crippen molar-refractivity contribution in [1.82, 2.24) is 10.3 Å². The van der Waals surface area contributed by atoms with Gasteiger partial charge in [0.15, 0.2) is 11.5 Å². The summed E-state index contributed by atoms with van der Waals surface area (Å²) >= 11 is 0. The number of nitrogens with one attached hydrogen (secondary N) is 2. The number of hydrogen-bond donors (Lipinski definition) is 2. The molecule has 1 atom stereocenters. The van der Waals surface area contributed by atoms with Gasteiger partial charge in [-0.25, -0.2) is 0 Å². The molecular formula is C25H29N3O5. The first-order valence-corrected chi connectivity index (χ1v) is 11.2. The summed E-state index contributed by atoms with van der Waals surface area (Å²) in [5, 5.41) is 9.11. The molecule has 8 heteroatoms. The molecule has 1 aromatic heterocycles. The minimum Gasteiger partial charge on any atom is -0.493 e. The fourth-order valence-corrected chi connectivity index (χ4v) is 4.64. The minimum atomic E-state index is -0.0587. The Morgan fingerprint density at radius 3 is 2.85 bits per heavy atom. The van der Waals surface area contributed by atoms with E-state index < -0.39 is 0 Å². The molecule has 2 aliphatic heterocycles. The molecule has 2 aromatic carbocycles. The number of H-pyrrole nitrogens is 1. The first-order chi connectivity index (χ1) is 16.2. The number of hydrogen-bond acceptors (Lipinski definition) is 7. The zero-order valence-corrected chi connectivity index (χ0v) is 19.2. The van der Waals surface area contributed by atoms with Crippen LogP contribution < -0.4 is 24.3 Å². The minimum absolute atomic E-state index is 0.0587. The van der Waals surface area contributed by atoms with Gasteiger partial charge in [0.05, 0.1) is 19.9 Å². The van der Waals surface area contributed by atoms with E-state index in [9.17, 15) is 0 Å². The number of benzene rings is 2. The van der Waals surface area contributed by atoms with Crippen molar-refractivity contribution in [2.45, 2.75) is 32.3 Å². The van der Waals surface area contributed by atoms with Crippen LogP contribution in [0.5, 0.6) is 23.0 Å². The fraction of sp³-hybridized carbons (Fsp3) is 0.400. The van der Waals surface area contributed by atoms with E-state index in [0.717, 1.165) is 30.7 Å².